The zero-order chi connectivity index (χ0) is 11.5. The van der Waals surface area contributed by atoms with Gasteiger partial charge in [-0.3, -0.25) is 4.79 Å². The van der Waals surface area contributed by atoms with E-state index in [2.05, 4.69) is 0 Å². The second-order valence-electron chi connectivity index (χ2n) is 3.93. The summed E-state index contributed by atoms with van der Waals surface area (Å²) in [5.41, 5.74) is 11.6. The number of aliphatic hydroxyl groups excluding tert-OH is 1. The van der Waals surface area contributed by atoms with Crippen LogP contribution in [0.25, 0.3) is 0 Å². The molecule has 0 fully saturated rings. The maximum Gasteiger partial charge on any atom is 0.237 e. The van der Waals surface area contributed by atoms with Crippen molar-refractivity contribution in [1.82, 2.24) is 0 Å². The van der Waals surface area contributed by atoms with Crippen LogP contribution in [0.2, 0.25) is 0 Å². The van der Waals surface area contributed by atoms with E-state index in [9.17, 15) is 4.79 Å². The first-order valence-electron chi connectivity index (χ1n) is 4.73. The molecule has 0 aliphatic carbocycles. The molecule has 1 rings (SSSR count). The van der Waals surface area contributed by atoms with Gasteiger partial charge in [0.1, 0.15) is 0 Å². The van der Waals surface area contributed by atoms with E-state index in [1.807, 2.05) is 12.1 Å². The lowest BCUT2D eigenvalue weighted by atomic mass is 9.93. The molecule has 1 aromatic rings. The van der Waals surface area contributed by atoms with Crippen LogP contribution in [0.3, 0.4) is 0 Å². The van der Waals surface area contributed by atoms with Crippen molar-refractivity contribution in [3.05, 3.63) is 35.4 Å². The van der Waals surface area contributed by atoms with E-state index >= 15 is 0 Å². The first-order chi connectivity index (χ1) is 6.95. The minimum Gasteiger partial charge on any atom is -0.392 e. The van der Waals surface area contributed by atoms with E-state index < -0.39 is 11.4 Å². The Bertz CT molecular complexity index is 344. The Balaban J connectivity index is 2.77. The highest BCUT2D eigenvalue weighted by Crippen LogP contribution is 2.11. The molecule has 0 saturated carbocycles. The van der Waals surface area contributed by atoms with Gasteiger partial charge in [-0.25, -0.2) is 0 Å². The SMILES string of the molecule is C[C@](N)(Cc1ccc(CO)cc1)C(N)=O. The highest BCUT2D eigenvalue weighted by molar-refractivity contribution is 5.84. The molecule has 15 heavy (non-hydrogen) atoms. The molecule has 0 spiro atoms. The van der Waals surface area contributed by atoms with E-state index in [1.54, 1.807) is 19.1 Å². The number of nitrogens with two attached hydrogens (primary N) is 2. The minimum atomic E-state index is -1.03. The third-order valence-corrected chi connectivity index (χ3v) is 2.34. The largest absolute Gasteiger partial charge is 0.392 e. The molecule has 4 nitrogen and oxygen atoms in total. The van der Waals surface area contributed by atoms with Crippen LogP contribution in [0, 0.1) is 0 Å². The molecule has 0 heterocycles. The average molecular weight is 208 g/mol. The predicted molar refractivity (Wildman–Crippen MR) is 57.9 cm³/mol. The quantitative estimate of drug-likeness (QED) is 0.646. The lowest BCUT2D eigenvalue weighted by Gasteiger charge is -2.20. The molecule has 0 saturated heterocycles. The molecule has 0 unspecified atom stereocenters. The van der Waals surface area contributed by atoms with Crippen molar-refractivity contribution in [2.45, 2.75) is 25.5 Å². The highest BCUT2D eigenvalue weighted by Gasteiger charge is 2.25. The molecule has 82 valence electrons. The summed E-state index contributed by atoms with van der Waals surface area (Å²) in [6.45, 7) is 1.62. The van der Waals surface area contributed by atoms with Gasteiger partial charge in [-0.2, -0.15) is 0 Å². The van der Waals surface area contributed by atoms with Gasteiger partial charge in [0.05, 0.1) is 12.1 Å². The maximum absolute atomic E-state index is 11.0. The van der Waals surface area contributed by atoms with Gasteiger partial charge in [0, 0.05) is 0 Å². The van der Waals surface area contributed by atoms with Crippen LogP contribution >= 0.6 is 0 Å². The highest BCUT2D eigenvalue weighted by atomic mass is 16.3. The maximum atomic E-state index is 11.0. The fraction of sp³-hybridized carbons (Fsp3) is 0.364. The number of rotatable bonds is 4. The van der Waals surface area contributed by atoms with Crippen molar-refractivity contribution in [1.29, 1.82) is 0 Å². The minimum absolute atomic E-state index is 0.00991. The van der Waals surface area contributed by atoms with Crippen LogP contribution in [-0.4, -0.2) is 16.6 Å². The summed E-state index contributed by atoms with van der Waals surface area (Å²) < 4.78 is 0. The molecular weight excluding hydrogens is 192 g/mol. The molecule has 1 atom stereocenters. The van der Waals surface area contributed by atoms with Crippen LogP contribution < -0.4 is 11.5 Å². The van der Waals surface area contributed by atoms with Gasteiger partial charge in [0.25, 0.3) is 0 Å². The van der Waals surface area contributed by atoms with Crippen LogP contribution in [0.1, 0.15) is 18.1 Å². The molecular formula is C11H16N2O2. The topological polar surface area (TPSA) is 89.3 Å². The monoisotopic (exact) mass is 208 g/mol. The molecule has 1 amide bonds. The summed E-state index contributed by atoms with van der Waals surface area (Å²) in [4.78, 5) is 11.0. The van der Waals surface area contributed by atoms with Crippen molar-refractivity contribution in [3.63, 3.8) is 0 Å². The van der Waals surface area contributed by atoms with Crippen LogP contribution in [0.15, 0.2) is 24.3 Å². The number of carbonyl (C=O) groups excluding carboxylic acids is 1. The van der Waals surface area contributed by atoms with Gasteiger partial charge in [-0.05, 0) is 24.5 Å². The van der Waals surface area contributed by atoms with Gasteiger partial charge in [-0.15, -0.1) is 0 Å². The summed E-state index contributed by atoms with van der Waals surface area (Å²) in [6, 6.07) is 7.26. The van der Waals surface area contributed by atoms with Gasteiger partial charge in [0.15, 0.2) is 0 Å². The predicted octanol–water partition coefficient (Wildman–Crippen LogP) is -0.0759. The Kier molecular flexibility index (Phi) is 3.44. The summed E-state index contributed by atoms with van der Waals surface area (Å²) in [7, 11) is 0. The van der Waals surface area contributed by atoms with E-state index in [4.69, 9.17) is 16.6 Å². The average Bonchev–Trinajstić information content (AvgIpc) is 2.18. The van der Waals surface area contributed by atoms with Gasteiger partial charge < -0.3 is 16.6 Å². The first-order valence-corrected chi connectivity index (χ1v) is 4.73. The van der Waals surface area contributed by atoms with E-state index in [0.29, 0.717) is 6.42 Å². The van der Waals surface area contributed by atoms with Crippen LogP contribution in [-0.2, 0) is 17.8 Å². The Morgan fingerprint density at radius 1 is 1.33 bits per heavy atom. The van der Waals surface area contributed by atoms with Crippen LogP contribution in [0.4, 0.5) is 0 Å². The van der Waals surface area contributed by atoms with Crippen molar-refractivity contribution < 1.29 is 9.90 Å². The number of benzene rings is 1. The number of hydrogen-bond donors (Lipinski definition) is 3. The molecule has 0 aliphatic heterocycles. The number of primary amides is 1. The fourth-order valence-corrected chi connectivity index (χ4v) is 1.27. The third-order valence-electron chi connectivity index (χ3n) is 2.34. The van der Waals surface area contributed by atoms with Gasteiger partial charge in [-0.1, -0.05) is 24.3 Å². The lowest BCUT2D eigenvalue weighted by Crippen LogP contribution is -2.51. The van der Waals surface area contributed by atoms with Crippen molar-refractivity contribution in [2.24, 2.45) is 11.5 Å². The first kappa shape index (κ1) is 11.7. The number of hydrogen-bond acceptors (Lipinski definition) is 3. The van der Waals surface area contributed by atoms with Crippen LogP contribution in [0.5, 0.6) is 0 Å². The van der Waals surface area contributed by atoms with E-state index in [0.717, 1.165) is 11.1 Å². The summed E-state index contributed by atoms with van der Waals surface area (Å²) in [5.74, 6) is -0.520. The molecule has 0 radical (unpaired) electrons. The molecule has 0 aromatic heterocycles. The Morgan fingerprint density at radius 2 is 1.80 bits per heavy atom. The Hall–Kier alpha value is -1.39. The van der Waals surface area contributed by atoms with E-state index in [1.165, 1.54) is 0 Å². The second kappa shape index (κ2) is 4.42. The molecule has 0 bridgehead atoms. The second-order valence-corrected chi connectivity index (χ2v) is 3.93. The molecule has 5 N–H and O–H groups in total. The molecule has 4 heteroatoms. The van der Waals surface area contributed by atoms with Crippen molar-refractivity contribution in [2.75, 3.05) is 0 Å². The van der Waals surface area contributed by atoms with Gasteiger partial charge in [0.2, 0.25) is 5.91 Å². The third kappa shape index (κ3) is 3.04. The number of aliphatic hydroxyl groups is 1. The van der Waals surface area contributed by atoms with Crippen molar-refractivity contribution >= 4 is 5.91 Å². The molecule has 0 aliphatic rings. The number of carbonyl (C=O) groups is 1. The summed E-state index contributed by atoms with van der Waals surface area (Å²) >= 11 is 0. The lowest BCUT2D eigenvalue weighted by molar-refractivity contribution is -0.122. The molecule has 1 aromatic carbocycles. The zero-order valence-corrected chi connectivity index (χ0v) is 8.73. The van der Waals surface area contributed by atoms with E-state index in [-0.39, 0.29) is 6.61 Å². The Morgan fingerprint density at radius 3 is 2.20 bits per heavy atom. The normalized spacial score (nSPS) is 14.6. The zero-order valence-electron chi connectivity index (χ0n) is 8.73. The Labute approximate surface area is 88.9 Å². The van der Waals surface area contributed by atoms with Gasteiger partial charge >= 0.3 is 0 Å². The van der Waals surface area contributed by atoms with Crippen molar-refractivity contribution in [3.8, 4) is 0 Å². The summed E-state index contributed by atoms with van der Waals surface area (Å²) in [6.07, 6.45) is 0.397. The summed E-state index contributed by atoms with van der Waals surface area (Å²) in [5, 5.41) is 8.85. The number of amides is 1. The standard InChI is InChI=1S/C11H16N2O2/c1-11(13,10(12)15)6-8-2-4-9(7-14)5-3-8/h2-5,14H,6-7,13H2,1H3,(H2,12,15)/t11-/m0/s1. The fourth-order valence-electron chi connectivity index (χ4n) is 1.27. The smallest absolute Gasteiger partial charge is 0.237 e.